The van der Waals surface area contributed by atoms with Crippen molar-refractivity contribution in [3.8, 4) is 6.07 Å². The number of hydrogen-bond acceptors (Lipinski definition) is 3. The lowest BCUT2D eigenvalue weighted by Gasteiger charge is -2.10. The maximum atomic E-state index is 11.9. The highest BCUT2D eigenvalue weighted by atomic mass is 16.2. The van der Waals surface area contributed by atoms with Crippen LogP contribution in [0.15, 0.2) is 42.5 Å². The number of anilines is 3. The van der Waals surface area contributed by atoms with Crippen molar-refractivity contribution in [3.63, 3.8) is 0 Å². The van der Waals surface area contributed by atoms with Crippen LogP contribution in [0.5, 0.6) is 0 Å². The maximum Gasteiger partial charge on any atom is 0.323 e. The summed E-state index contributed by atoms with van der Waals surface area (Å²) in [5, 5.41) is 14.2. The number of carbonyl (C=O) groups excluding carboxylic acids is 1. The molecule has 0 unspecified atom stereocenters. The Balaban J connectivity index is 2.09. The molecule has 0 aliphatic heterocycles. The van der Waals surface area contributed by atoms with Crippen LogP contribution in [0.25, 0.3) is 0 Å². The van der Waals surface area contributed by atoms with Crippen LogP contribution < -0.4 is 16.4 Å². The number of carbonyl (C=O) groups is 1. The van der Waals surface area contributed by atoms with Gasteiger partial charge in [-0.2, -0.15) is 5.26 Å². The predicted molar refractivity (Wildman–Crippen MR) is 79.4 cm³/mol. The SMILES string of the molecule is Cc1ccc(N)cc1NC(=O)Nc1cccc(C#N)c1. The van der Waals surface area contributed by atoms with Gasteiger partial charge in [-0.1, -0.05) is 12.1 Å². The standard InChI is InChI=1S/C15H14N4O/c1-10-5-6-12(17)8-14(10)19-15(20)18-13-4-2-3-11(7-13)9-16/h2-8H,17H2,1H3,(H2,18,19,20). The molecule has 0 aliphatic carbocycles. The molecule has 4 N–H and O–H groups in total. The third kappa shape index (κ3) is 3.27. The van der Waals surface area contributed by atoms with Crippen molar-refractivity contribution >= 4 is 23.1 Å². The lowest BCUT2D eigenvalue weighted by molar-refractivity contribution is 0.262. The molecule has 100 valence electrons. The summed E-state index contributed by atoms with van der Waals surface area (Å²) in [5.74, 6) is 0. The monoisotopic (exact) mass is 266 g/mol. The predicted octanol–water partition coefficient (Wildman–Crippen LogP) is 3.09. The summed E-state index contributed by atoms with van der Waals surface area (Å²) in [4.78, 5) is 11.9. The third-order valence-corrected chi connectivity index (χ3v) is 2.76. The number of benzene rings is 2. The van der Waals surface area contributed by atoms with Gasteiger partial charge in [0.15, 0.2) is 0 Å². The summed E-state index contributed by atoms with van der Waals surface area (Å²) in [6, 6.07) is 13.6. The van der Waals surface area contributed by atoms with E-state index in [1.165, 1.54) is 0 Å². The molecule has 0 saturated carbocycles. The summed E-state index contributed by atoms with van der Waals surface area (Å²) in [7, 11) is 0. The molecule has 5 heteroatoms. The van der Waals surface area contributed by atoms with Crippen molar-refractivity contribution in [1.29, 1.82) is 5.26 Å². The van der Waals surface area contributed by atoms with Crippen LogP contribution in [0.2, 0.25) is 0 Å². The van der Waals surface area contributed by atoms with Gasteiger partial charge >= 0.3 is 6.03 Å². The van der Waals surface area contributed by atoms with E-state index in [0.29, 0.717) is 22.6 Å². The molecule has 0 bridgehead atoms. The van der Waals surface area contributed by atoms with E-state index >= 15 is 0 Å². The molecule has 0 radical (unpaired) electrons. The second-order valence-electron chi connectivity index (χ2n) is 4.35. The van der Waals surface area contributed by atoms with E-state index in [9.17, 15) is 4.79 Å². The fraction of sp³-hybridized carbons (Fsp3) is 0.0667. The van der Waals surface area contributed by atoms with Crippen molar-refractivity contribution in [2.24, 2.45) is 0 Å². The van der Waals surface area contributed by atoms with E-state index in [2.05, 4.69) is 10.6 Å². The minimum absolute atomic E-state index is 0.381. The molecular weight excluding hydrogens is 252 g/mol. The lowest BCUT2D eigenvalue weighted by atomic mass is 10.2. The Morgan fingerprint density at radius 3 is 2.75 bits per heavy atom. The second-order valence-corrected chi connectivity index (χ2v) is 4.35. The zero-order chi connectivity index (χ0) is 14.5. The molecule has 0 saturated heterocycles. The highest BCUT2D eigenvalue weighted by molar-refractivity contribution is 6.00. The molecule has 2 rings (SSSR count). The summed E-state index contributed by atoms with van der Waals surface area (Å²) in [5.41, 5.74) is 8.88. The zero-order valence-electron chi connectivity index (χ0n) is 11.0. The number of aryl methyl sites for hydroxylation is 1. The molecule has 0 aromatic heterocycles. The third-order valence-electron chi connectivity index (χ3n) is 2.76. The van der Waals surface area contributed by atoms with Gasteiger partial charge in [0.2, 0.25) is 0 Å². The molecule has 0 aliphatic rings. The number of nitrogens with two attached hydrogens (primary N) is 1. The normalized spacial score (nSPS) is 9.60. The summed E-state index contributed by atoms with van der Waals surface area (Å²) in [6.45, 7) is 1.88. The topological polar surface area (TPSA) is 90.9 Å². The van der Waals surface area contributed by atoms with Gasteiger partial charge in [0.1, 0.15) is 0 Å². The Hall–Kier alpha value is -3.00. The highest BCUT2D eigenvalue weighted by Crippen LogP contribution is 2.18. The second kappa shape index (κ2) is 5.76. The molecular formula is C15H14N4O. The zero-order valence-corrected chi connectivity index (χ0v) is 11.0. The van der Waals surface area contributed by atoms with E-state index in [1.54, 1.807) is 36.4 Å². The van der Waals surface area contributed by atoms with E-state index in [-0.39, 0.29) is 6.03 Å². The fourth-order valence-electron chi connectivity index (χ4n) is 1.73. The molecule has 0 fully saturated rings. The van der Waals surface area contributed by atoms with Gasteiger partial charge < -0.3 is 16.4 Å². The van der Waals surface area contributed by atoms with Gasteiger partial charge in [-0.25, -0.2) is 4.79 Å². The number of rotatable bonds is 2. The van der Waals surface area contributed by atoms with Crippen molar-refractivity contribution in [2.45, 2.75) is 6.92 Å². The summed E-state index contributed by atoms with van der Waals surface area (Å²) < 4.78 is 0. The Bertz CT molecular complexity index is 689. The highest BCUT2D eigenvalue weighted by Gasteiger charge is 2.05. The van der Waals surface area contributed by atoms with Crippen LogP contribution in [0.4, 0.5) is 21.9 Å². The quantitative estimate of drug-likeness (QED) is 0.729. The van der Waals surface area contributed by atoms with Crippen molar-refractivity contribution < 1.29 is 4.79 Å². The number of nitrogens with one attached hydrogen (secondary N) is 2. The average molecular weight is 266 g/mol. The first kappa shape index (κ1) is 13.4. The van der Waals surface area contributed by atoms with Gasteiger partial charge in [0, 0.05) is 17.1 Å². The number of amides is 2. The van der Waals surface area contributed by atoms with Crippen LogP contribution in [0.3, 0.4) is 0 Å². The van der Waals surface area contributed by atoms with Crippen LogP contribution in [-0.2, 0) is 0 Å². The van der Waals surface area contributed by atoms with Crippen LogP contribution in [0.1, 0.15) is 11.1 Å². The molecule has 2 aromatic rings. The minimum Gasteiger partial charge on any atom is -0.399 e. The number of nitrogen functional groups attached to an aromatic ring is 1. The summed E-state index contributed by atoms with van der Waals surface area (Å²) in [6.07, 6.45) is 0. The number of nitriles is 1. The smallest absolute Gasteiger partial charge is 0.323 e. The largest absolute Gasteiger partial charge is 0.399 e. The molecule has 0 atom stereocenters. The molecule has 20 heavy (non-hydrogen) atoms. The first-order chi connectivity index (χ1) is 9.58. The van der Waals surface area contributed by atoms with E-state index in [4.69, 9.17) is 11.0 Å². The Morgan fingerprint density at radius 2 is 2.00 bits per heavy atom. The molecule has 2 aromatic carbocycles. The maximum absolute atomic E-state index is 11.9. The first-order valence-corrected chi connectivity index (χ1v) is 6.03. The lowest BCUT2D eigenvalue weighted by Crippen LogP contribution is -2.20. The first-order valence-electron chi connectivity index (χ1n) is 6.03. The number of nitrogens with zero attached hydrogens (tertiary/aromatic N) is 1. The van der Waals surface area contributed by atoms with Gasteiger partial charge in [-0.05, 0) is 42.8 Å². The Kier molecular flexibility index (Phi) is 3.87. The van der Waals surface area contributed by atoms with E-state index in [1.807, 2.05) is 19.1 Å². The van der Waals surface area contributed by atoms with E-state index < -0.39 is 0 Å². The summed E-state index contributed by atoms with van der Waals surface area (Å²) >= 11 is 0. The van der Waals surface area contributed by atoms with Crippen molar-refractivity contribution in [1.82, 2.24) is 0 Å². The van der Waals surface area contributed by atoms with Gasteiger partial charge in [-0.15, -0.1) is 0 Å². The minimum atomic E-state index is -0.381. The molecule has 2 amide bonds. The van der Waals surface area contributed by atoms with Crippen molar-refractivity contribution in [2.75, 3.05) is 16.4 Å². The average Bonchev–Trinajstić information content (AvgIpc) is 2.43. The Morgan fingerprint density at radius 1 is 1.20 bits per heavy atom. The van der Waals surface area contributed by atoms with Crippen LogP contribution >= 0.6 is 0 Å². The van der Waals surface area contributed by atoms with Gasteiger partial charge in [0.05, 0.1) is 11.6 Å². The Labute approximate surface area is 117 Å². The van der Waals surface area contributed by atoms with Crippen LogP contribution in [0, 0.1) is 18.3 Å². The number of hydrogen-bond donors (Lipinski definition) is 3. The van der Waals surface area contributed by atoms with Gasteiger partial charge in [-0.3, -0.25) is 0 Å². The number of urea groups is 1. The van der Waals surface area contributed by atoms with Crippen LogP contribution in [-0.4, -0.2) is 6.03 Å². The van der Waals surface area contributed by atoms with Crippen molar-refractivity contribution in [3.05, 3.63) is 53.6 Å². The fourth-order valence-corrected chi connectivity index (χ4v) is 1.73. The van der Waals surface area contributed by atoms with Gasteiger partial charge in [0.25, 0.3) is 0 Å². The molecule has 0 heterocycles. The molecule has 0 spiro atoms. The molecule has 5 nitrogen and oxygen atoms in total. The van der Waals surface area contributed by atoms with E-state index in [0.717, 1.165) is 5.56 Å².